The van der Waals surface area contributed by atoms with Crippen LogP contribution in [-0.4, -0.2) is 65.9 Å². The first-order chi connectivity index (χ1) is 15.9. The molecular weight excluding hydrogens is 441 g/mol. The fourth-order valence-electron chi connectivity index (χ4n) is 3.59. The maximum Gasteiger partial charge on any atom is 0.240 e. The van der Waals surface area contributed by atoms with E-state index in [1.165, 1.54) is 23.5 Å². The third-order valence-electron chi connectivity index (χ3n) is 5.43. The molecule has 1 fully saturated rings. The van der Waals surface area contributed by atoms with Crippen molar-refractivity contribution in [3.8, 4) is 11.3 Å². The first-order valence-electron chi connectivity index (χ1n) is 10.8. The summed E-state index contributed by atoms with van der Waals surface area (Å²) in [6.45, 7) is 5.48. The molecule has 1 aliphatic heterocycles. The van der Waals surface area contributed by atoms with Gasteiger partial charge in [0.15, 0.2) is 5.13 Å². The number of nitrogens with zero attached hydrogens (tertiary/aromatic N) is 3. The quantitative estimate of drug-likeness (QED) is 0.557. The van der Waals surface area contributed by atoms with Crippen LogP contribution in [0.15, 0.2) is 53.9 Å². The topological polar surface area (TPSA) is 77.6 Å². The van der Waals surface area contributed by atoms with Crippen molar-refractivity contribution in [2.24, 2.45) is 0 Å². The molecule has 0 radical (unpaired) electrons. The summed E-state index contributed by atoms with van der Waals surface area (Å²) >= 11 is 1.34. The Hall–Kier alpha value is -3.14. The molecule has 1 aliphatic rings. The second kappa shape index (κ2) is 10.7. The number of hydrogen-bond acceptors (Lipinski definition) is 6. The molecule has 2 aromatic carbocycles. The Morgan fingerprint density at radius 3 is 2.09 bits per heavy atom. The number of halogens is 1. The van der Waals surface area contributed by atoms with E-state index in [0.717, 1.165) is 29.9 Å². The molecule has 1 saturated heterocycles. The van der Waals surface area contributed by atoms with E-state index < -0.39 is 0 Å². The summed E-state index contributed by atoms with van der Waals surface area (Å²) in [5.74, 6) is -0.458. The van der Waals surface area contributed by atoms with Crippen LogP contribution in [0.3, 0.4) is 0 Å². The first kappa shape index (κ1) is 23.0. The molecule has 0 saturated carbocycles. The van der Waals surface area contributed by atoms with Crippen LogP contribution in [0.2, 0.25) is 0 Å². The molecule has 33 heavy (non-hydrogen) atoms. The number of piperazine rings is 1. The average molecular weight is 468 g/mol. The second-order valence-corrected chi connectivity index (χ2v) is 8.92. The third-order valence-corrected chi connectivity index (χ3v) is 6.18. The molecule has 2 N–H and O–H groups in total. The van der Waals surface area contributed by atoms with E-state index >= 15 is 0 Å². The number of carbonyl (C=O) groups excluding carboxylic acids is 2. The molecule has 3 aromatic rings. The molecule has 0 aliphatic carbocycles. The molecule has 2 amide bonds. The van der Waals surface area contributed by atoms with E-state index in [-0.39, 0.29) is 24.2 Å². The van der Waals surface area contributed by atoms with Crippen LogP contribution in [0, 0.1) is 12.7 Å². The molecule has 0 spiro atoms. The van der Waals surface area contributed by atoms with Gasteiger partial charge >= 0.3 is 0 Å². The molecule has 1 aromatic heterocycles. The number of aryl methyl sites for hydroxylation is 1. The van der Waals surface area contributed by atoms with Gasteiger partial charge in [0, 0.05) is 42.8 Å². The highest BCUT2D eigenvalue weighted by atomic mass is 32.1. The van der Waals surface area contributed by atoms with Crippen LogP contribution in [0.5, 0.6) is 0 Å². The molecule has 4 rings (SSSR count). The SMILES string of the molecule is Cc1ccc(NC(=O)CN2CCN(CC(=O)Nc3nc(-c4ccc(F)cc4)cs3)CC2)cc1. The summed E-state index contributed by atoms with van der Waals surface area (Å²) in [5, 5.41) is 8.12. The highest BCUT2D eigenvalue weighted by Crippen LogP contribution is 2.25. The molecule has 2 heterocycles. The number of aromatic nitrogens is 1. The normalized spacial score (nSPS) is 14.7. The van der Waals surface area contributed by atoms with Crippen LogP contribution in [0.1, 0.15) is 5.56 Å². The van der Waals surface area contributed by atoms with E-state index in [2.05, 4.69) is 25.4 Å². The second-order valence-electron chi connectivity index (χ2n) is 8.06. The summed E-state index contributed by atoms with van der Waals surface area (Å²) < 4.78 is 13.1. The van der Waals surface area contributed by atoms with Gasteiger partial charge in [-0.1, -0.05) is 17.7 Å². The Bertz CT molecular complexity index is 1090. The number of anilines is 2. The van der Waals surface area contributed by atoms with Gasteiger partial charge in [-0.15, -0.1) is 11.3 Å². The van der Waals surface area contributed by atoms with Crippen molar-refractivity contribution in [1.29, 1.82) is 0 Å². The van der Waals surface area contributed by atoms with Crippen LogP contribution in [0.25, 0.3) is 11.3 Å². The zero-order valence-electron chi connectivity index (χ0n) is 18.4. The van der Waals surface area contributed by atoms with Crippen molar-refractivity contribution in [1.82, 2.24) is 14.8 Å². The van der Waals surface area contributed by atoms with Crippen molar-refractivity contribution in [2.45, 2.75) is 6.92 Å². The lowest BCUT2D eigenvalue weighted by molar-refractivity contribution is -0.120. The van der Waals surface area contributed by atoms with Gasteiger partial charge in [-0.3, -0.25) is 19.4 Å². The molecule has 0 bridgehead atoms. The number of hydrogen-bond donors (Lipinski definition) is 2. The van der Waals surface area contributed by atoms with Gasteiger partial charge < -0.3 is 10.6 Å². The van der Waals surface area contributed by atoms with E-state index in [0.29, 0.717) is 30.5 Å². The molecule has 0 unspecified atom stereocenters. The number of carbonyl (C=O) groups is 2. The van der Waals surface area contributed by atoms with Gasteiger partial charge in [0.25, 0.3) is 0 Å². The summed E-state index contributed by atoms with van der Waals surface area (Å²) in [5.41, 5.74) is 3.45. The molecular formula is C24H26FN5O2S. The van der Waals surface area contributed by atoms with Gasteiger partial charge in [-0.25, -0.2) is 9.37 Å². The molecule has 0 atom stereocenters. The summed E-state index contributed by atoms with van der Waals surface area (Å²) in [4.78, 5) is 33.3. The highest BCUT2D eigenvalue weighted by Gasteiger charge is 2.21. The van der Waals surface area contributed by atoms with Gasteiger partial charge in [0.05, 0.1) is 18.8 Å². The van der Waals surface area contributed by atoms with E-state index in [4.69, 9.17) is 0 Å². The van der Waals surface area contributed by atoms with Crippen molar-refractivity contribution in [3.05, 3.63) is 65.3 Å². The lowest BCUT2D eigenvalue weighted by atomic mass is 10.2. The van der Waals surface area contributed by atoms with Gasteiger partial charge in [-0.05, 0) is 43.3 Å². The fourth-order valence-corrected chi connectivity index (χ4v) is 4.33. The third kappa shape index (κ3) is 6.67. The van der Waals surface area contributed by atoms with E-state index in [9.17, 15) is 14.0 Å². The van der Waals surface area contributed by atoms with Gasteiger partial charge in [-0.2, -0.15) is 0 Å². The van der Waals surface area contributed by atoms with Gasteiger partial charge in [0.2, 0.25) is 11.8 Å². The van der Waals surface area contributed by atoms with Crippen LogP contribution in [-0.2, 0) is 9.59 Å². The Morgan fingerprint density at radius 1 is 0.909 bits per heavy atom. The Kier molecular flexibility index (Phi) is 7.43. The number of benzene rings is 2. The van der Waals surface area contributed by atoms with Crippen LogP contribution in [0.4, 0.5) is 15.2 Å². The van der Waals surface area contributed by atoms with E-state index in [1.807, 2.05) is 36.6 Å². The fraction of sp³-hybridized carbons (Fsp3) is 0.292. The monoisotopic (exact) mass is 467 g/mol. The highest BCUT2D eigenvalue weighted by molar-refractivity contribution is 7.14. The van der Waals surface area contributed by atoms with E-state index in [1.54, 1.807) is 12.1 Å². The Morgan fingerprint density at radius 2 is 1.48 bits per heavy atom. The predicted molar refractivity (Wildman–Crippen MR) is 129 cm³/mol. The standard InChI is InChI=1S/C24H26FN5O2S/c1-17-2-8-20(9-3-17)26-22(31)14-29-10-12-30(13-11-29)15-23(32)28-24-27-21(16-33-24)18-4-6-19(25)7-5-18/h2-9,16H,10-15H2,1H3,(H,26,31)(H,27,28,32). The lowest BCUT2D eigenvalue weighted by Crippen LogP contribution is -2.50. The van der Waals surface area contributed by atoms with Crippen molar-refractivity contribution >= 4 is 34.0 Å². The van der Waals surface area contributed by atoms with Crippen LogP contribution < -0.4 is 10.6 Å². The molecule has 9 heteroatoms. The lowest BCUT2D eigenvalue weighted by Gasteiger charge is -2.33. The zero-order chi connectivity index (χ0) is 23.2. The minimum atomic E-state index is -0.297. The average Bonchev–Trinajstić information content (AvgIpc) is 3.25. The maximum absolute atomic E-state index is 13.1. The Balaban J connectivity index is 1.19. The maximum atomic E-state index is 13.1. The summed E-state index contributed by atoms with van der Waals surface area (Å²) in [6, 6.07) is 13.8. The van der Waals surface area contributed by atoms with Crippen LogP contribution >= 0.6 is 11.3 Å². The zero-order valence-corrected chi connectivity index (χ0v) is 19.2. The first-order valence-corrected chi connectivity index (χ1v) is 11.6. The minimum absolute atomic E-state index is 0.0363. The van der Waals surface area contributed by atoms with Crippen molar-refractivity contribution in [2.75, 3.05) is 49.9 Å². The molecule has 7 nitrogen and oxygen atoms in total. The Labute approximate surface area is 196 Å². The van der Waals surface area contributed by atoms with Gasteiger partial charge in [0.1, 0.15) is 5.82 Å². The number of rotatable bonds is 7. The summed E-state index contributed by atoms with van der Waals surface area (Å²) in [7, 11) is 0. The minimum Gasteiger partial charge on any atom is -0.325 e. The van der Waals surface area contributed by atoms with Crippen molar-refractivity contribution in [3.63, 3.8) is 0 Å². The molecule has 172 valence electrons. The number of amides is 2. The largest absolute Gasteiger partial charge is 0.325 e. The number of nitrogens with one attached hydrogen (secondary N) is 2. The summed E-state index contributed by atoms with van der Waals surface area (Å²) in [6.07, 6.45) is 0. The smallest absolute Gasteiger partial charge is 0.240 e. The number of thiazole rings is 1. The predicted octanol–water partition coefficient (Wildman–Crippen LogP) is 3.45. The van der Waals surface area contributed by atoms with Crippen molar-refractivity contribution < 1.29 is 14.0 Å².